The molecule has 0 aliphatic carbocycles. The second kappa shape index (κ2) is 12.9. The molecule has 2 atom stereocenters. The number of benzene rings is 3. The topological polar surface area (TPSA) is 79.2 Å². The van der Waals surface area contributed by atoms with Gasteiger partial charge in [-0.2, -0.15) is 5.26 Å². The number of carbonyl (C=O) groups is 2. The van der Waals surface area contributed by atoms with Crippen LogP contribution < -0.4 is 5.32 Å². The summed E-state index contributed by atoms with van der Waals surface area (Å²) in [5, 5.41) is 11.5. The molecule has 0 radical (unpaired) electrons. The average molecular weight is 487 g/mol. The molecule has 0 saturated carbocycles. The van der Waals surface area contributed by atoms with Crippen LogP contribution in [0.1, 0.15) is 53.4 Å². The molecule has 0 aliphatic heterocycles. The summed E-state index contributed by atoms with van der Waals surface area (Å²) in [6, 6.07) is 26.5. The molecule has 1 N–H and O–H groups in total. The minimum Gasteiger partial charge on any atom is -0.356 e. The van der Waals surface area contributed by atoms with Crippen LogP contribution in [0.2, 0.25) is 0 Å². The van der Waals surface area contributed by atoms with E-state index in [9.17, 15) is 9.59 Å². The summed E-state index contributed by atoms with van der Waals surface area (Å²) in [6.45, 7) is 3.98. The number of hydrogen-bond donors (Lipinski definition) is 1. The van der Waals surface area contributed by atoms with E-state index in [2.05, 4.69) is 5.32 Å². The Morgan fingerprint density at radius 2 is 1.49 bits per heavy atom. The van der Waals surface area contributed by atoms with Crippen molar-refractivity contribution < 1.29 is 14.3 Å². The van der Waals surface area contributed by atoms with Crippen LogP contribution in [0.15, 0.2) is 83.8 Å². The van der Waals surface area contributed by atoms with E-state index < -0.39 is 12.2 Å². The maximum atomic E-state index is 13.0. The highest BCUT2D eigenvalue weighted by Crippen LogP contribution is 2.30. The average Bonchev–Trinajstić information content (AvgIpc) is 2.89. The molecule has 1 amide bonds. The summed E-state index contributed by atoms with van der Waals surface area (Å²) in [7, 11) is 0. The molecule has 180 valence electrons. The maximum Gasteiger partial charge on any atom is 0.250 e. The van der Waals surface area contributed by atoms with Crippen LogP contribution in [0.3, 0.4) is 0 Å². The molecule has 0 heterocycles. The Labute approximate surface area is 211 Å². The highest BCUT2D eigenvalue weighted by atomic mass is 32.2. The van der Waals surface area contributed by atoms with E-state index in [1.165, 1.54) is 0 Å². The van der Waals surface area contributed by atoms with Crippen molar-refractivity contribution in [3.63, 3.8) is 0 Å². The summed E-state index contributed by atoms with van der Waals surface area (Å²) in [6.07, 6.45) is 1.30. The van der Waals surface area contributed by atoms with Crippen molar-refractivity contribution in [2.24, 2.45) is 5.92 Å². The smallest absolute Gasteiger partial charge is 0.250 e. The van der Waals surface area contributed by atoms with Crippen molar-refractivity contribution in [2.45, 2.75) is 37.4 Å². The number of nitrogens with zero attached hydrogens (tertiary/aromatic N) is 1. The first kappa shape index (κ1) is 26.2. The van der Waals surface area contributed by atoms with Gasteiger partial charge in [-0.1, -0.05) is 68.4 Å². The van der Waals surface area contributed by atoms with Crippen molar-refractivity contribution in [3.8, 4) is 6.07 Å². The number of rotatable bonds is 11. The second-order valence-electron chi connectivity index (χ2n) is 8.60. The number of hydrogen-bond acceptors (Lipinski definition) is 5. The third kappa shape index (κ3) is 7.29. The van der Waals surface area contributed by atoms with Gasteiger partial charge in [0.1, 0.15) is 18.8 Å². The van der Waals surface area contributed by atoms with Crippen LogP contribution >= 0.6 is 11.8 Å². The number of carbonyl (C=O) groups excluding carboxylic acids is 2. The van der Waals surface area contributed by atoms with E-state index in [4.69, 9.17) is 10.00 Å². The Hall–Kier alpha value is -3.40. The lowest BCUT2D eigenvalue weighted by molar-refractivity contribution is -0.136. The predicted molar refractivity (Wildman–Crippen MR) is 139 cm³/mol. The number of amides is 1. The fraction of sp³-hybridized carbons (Fsp3) is 0.276. The first-order valence-electron chi connectivity index (χ1n) is 11.6. The number of nitrogens with one attached hydrogen (secondary N) is 1. The van der Waals surface area contributed by atoms with Gasteiger partial charge >= 0.3 is 0 Å². The van der Waals surface area contributed by atoms with Crippen molar-refractivity contribution in [2.75, 3.05) is 12.8 Å². The molecule has 5 nitrogen and oxygen atoms in total. The molecule has 0 bridgehead atoms. The zero-order valence-corrected chi connectivity index (χ0v) is 21.0. The maximum absolute atomic E-state index is 13.0. The Morgan fingerprint density at radius 1 is 0.914 bits per heavy atom. The van der Waals surface area contributed by atoms with Crippen molar-refractivity contribution >= 4 is 23.5 Å². The first-order chi connectivity index (χ1) is 16.9. The molecular formula is C29H30N2O3S. The van der Waals surface area contributed by atoms with Gasteiger partial charge < -0.3 is 10.1 Å². The van der Waals surface area contributed by atoms with Crippen LogP contribution in [-0.4, -0.2) is 30.6 Å². The number of ether oxygens (including phenoxy) is 1. The Balaban J connectivity index is 1.88. The van der Waals surface area contributed by atoms with Crippen molar-refractivity contribution in [1.82, 2.24) is 5.32 Å². The van der Waals surface area contributed by atoms with Crippen LogP contribution in [0.4, 0.5) is 0 Å². The van der Waals surface area contributed by atoms with E-state index in [1.54, 1.807) is 23.9 Å². The molecule has 35 heavy (non-hydrogen) atoms. The van der Waals surface area contributed by atoms with E-state index in [1.807, 2.05) is 92.9 Å². The first-order valence-corrected chi connectivity index (χ1v) is 12.8. The normalized spacial score (nSPS) is 12.5. The summed E-state index contributed by atoms with van der Waals surface area (Å²) in [4.78, 5) is 26.8. The van der Waals surface area contributed by atoms with Crippen LogP contribution in [0, 0.1) is 17.2 Å². The summed E-state index contributed by atoms with van der Waals surface area (Å²) >= 11 is 1.63. The molecule has 6 heteroatoms. The minimum atomic E-state index is -0.718. The zero-order chi connectivity index (χ0) is 25.2. The standard InChI is InChI=1S/C29H30N2O3S/c1-20(2)19-26(29(33)31-18-17-30)34-28(23-7-5-4-6-8-23)24-11-9-21(10-12-24)27(32)22-13-15-25(35-3)16-14-22/h4-16,20,26,28H,18-19H2,1-3H3,(H,31,33)/t26-,28?/m0/s1. The van der Waals surface area contributed by atoms with Gasteiger partial charge in [-0.3, -0.25) is 9.59 Å². The molecule has 1 unspecified atom stereocenters. The SMILES string of the molecule is CSc1ccc(C(=O)c2ccc(C(O[C@@H](CC(C)C)C(=O)NCC#N)c3ccccc3)cc2)cc1. The number of thioether (sulfide) groups is 1. The van der Waals surface area contributed by atoms with Gasteiger partial charge in [-0.05, 0) is 54.0 Å². The van der Waals surface area contributed by atoms with Gasteiger partial charge in [-0.25, -0.2) is 0 Å². The molecule has 0 aliphatic rings. The predicted octanol–water partition coefficient (Wildman–Crippen LogP) is 5.80. The van der Waals surface area contributed by atoms with E-state index in [0.717, 1.165) is 16.0 Å². The van der Waals surface area contributed by atoms with Crippen molar-refractivity contribution in [3.05, 3.63) is 101 Å². The quantitative estimate of drug-likeness (QED) is 0.210. The lowest BCUT2D eigenvalue weighted by Crippen LogP contribution is -2.38. The third-order valence-electron chi connectivity index (χ3n) is 5.55. The minimum absolute atomic E-state index is 0.0463. The Kier molecular flexibility index (Phi) is 9.66. The fourth-order valence-corrected chi connectivity index (χ4v) is 4.16. The number of nitriles is 1. The molecule has 3 aromatic rings. The summed E-state index contributed by atoms with van der Waals surface area (Å²) in [5.74, 6) is -0.127. The summed E-state index contributed by atoms with van der Waals surface area (Å²) < 4.78 is 6.39. The zero-order valence-electron chi connectivity index (χ0n) is 20.2. The van der Waals surface area contributed by atoms with Crippen LogP contribution in [0.25, 0.3) is 0 Å². The fourth-order valence-electron chi connectivity index (χ4n) is 3.75. The van der Waals surface area contributed by atoms with E-state index in [0.29, 0.717) is 17.5 Å². The monoisotopic (exact) mass is 486 g/mol. The molecule has 0 fully saturated rings. The lowest BCUT2D eigenvalue weighted by atomic mass is 9.97. The highest BCUT2D eigenvalue weighted by Gasteiger charge is 2.26. The van der Waals surface area contributed by atoms with Gasteiger partial charge in [0.15, 0.2) is 5.78 Å². The number of ketones is 1. The second-order valence-corrected chi connectivity index (χ2v) is 9.48. The molecular weight excluding hydrogens is 456 g/mol. The highest BCUT2D eigenvalue weighted by molar-refractivity contribution is 7.98. The third-order valence-corrected chi connectivity index (χ3v) is 6.29. The van der Waals surface area contributed by atoms with Crippen LogP contribution in [0.5, 0.6) is 0 Å². The molecule has 3 aromatic carbocycles. The molecule has 0 spiro atoms. The van der Waals surface area contributed by atoms with Gasteiger partial charge in [-0.15, -0.1) is 11.8 Å². The van der Waals surface area contributed by atoms with E-state index in [-0.39, 0.29) is 24.2 Å². The van der Waals surface area contributed by atoms with E-state index >= 15 is 0 Å². The van der Waals surface area contributed by atoms with Crippen molar-refractivity contribution in [1.29, 1.82) is 5.26 Å². The molecule has 0 saturated heterocycles. The summed E-state index contributed by atoms with van der Waals surface area (Å²) in [5.41, 5.74) is 2.97. The molecule has 3 rings (SSSR count). The largest absolute Gasteiger partial charge is 0.356 e. The van der Waals surface area contributed by atoms with Gasteiger partial charge in [0.2, 0.25) is 5.91 Å². The van der Waals surface area contributed by atoms with Crippen LogP contribution in [-0.2, 0) is 9.53 Å². The lowest BCUT2D eigenvalue weighted by Gasteiger charge is -2.26. The van der Waals surface area contributed by atoms with Gasteiger partial charge in [0.25, 0.3) is 0 Å². The Morgan fingerprint density at radius 3 is 2.03 bits per heavy atom. The van der Waals surface area contributed by atoms with Gasteiger partial charge in [0.05, 0.1) is 6.07 Å². The Bertz CT molecular complexity index is 1150. The van der Waals surface area contributed by atoms with Gasteiger partial charge in [0, 0.05) is 16.0 Å². The molecule has 0 aromatic heterocycles.